The van der Waals surface area contributed by atoms with Crippen molar-refractivity contribution < 1.29 is 14.9 Å². The molecule has 0 fully saturated rings. The molecule has 0 radical (unpaired) electrons. The summed E-state index contributed by atoms with van der Waals surface area (Å²) in [6.45, 7) is 0. The maximum Gasteiger partial charge on any atom is 0.314 e. The van der Waals surface area contributed by atoms with E-state index in [0.29, 0.717) is 0 Å². The van der Waals surface area contributed by atoms with Gasteiger partial charge in [-0.3, -0.25) is 4.79 Å². The van der Waals surface area contributed by atoms with Crippen molar-refractivity contribution in [2.24, 2.45) is 0 Å². The average molecular weight is 182 g/mol. The molecule has 1 aromatic rings. The highest BCUT2D eigenvalue weighted by atomic mass is 16.7. The molecule has 0 aliphatic heterocycles. The van der Waals surface area contributed by atoms with Crippen LogP contribution in [-0.4, -0.2) is 16.0 Å². The van der Waals surface area contributed by atoms with Gasteiger partial charge in [0.2, 0.25) is 0 Å². The van der Waals surface area contributed by atoms with E-state index >= 15 is 0 Å². The van der Waals surface area contributed by atoms with Crippen molar-refractivity contribution in [2.75, 3.05) is 0 Å². The topological polar surface area (TPSA) is 92.5 Å². The zero-order valence-corrected chi connectivity index (χ0v) is 6.43. The second-order valence-electron chi connectivity index (χ2n) is 2.22. The SMILES string of the molecule is O=C(N[N+](=O)[O-])c1ccccc1O. The highest BCUT2D eigenvalue weighted by Crippen LogP contribution is 2.14. The van der Waals surface area contributed by atoms with Gasteiger partial charge in [0.05, 0.1) is 5.56 Å². The average Bonchev–Trinajstić information content (AvgIpc) is 2.03. The lowest BCUT2D eigenvalue weighted by molar-refractivity contribution is -0.527. The van der Waals surface area contributed by atoms with E-state index in [2.05, 4.69) is 0 Å². The van der Waals surface area contributed by atoms with Crippen LogP contribution in [0.2, 0.25) is 0 Å². The highest BCUT2D eigenvalue weighted by molar-refractivity contribution is 5.95. The van der Waals surface area contributed by atoms with Gasteiger partial charge in [-0.05, 0) is 12.1 Å². The predicted molar refractivity (Wildman–Crippen MR) is 42.6 cm³/mol. The van der Waals surface area contributed by atoms with Crippen molar-refractivity contribution in [3.63, 3.8) is 0 Å². The van der Waals surface area contributed by atoms with E-state index in [1.807, 2.05) is 0 Å². The van der Waals surface area contributed by atoms with Gasteiger partial charge in [0, 0.05) is 0 Å². The number of aromatic hydroxyl groups is 1. The van der Waals surface area contributed by atoms with Crippen LogP contribution in [0.4, 0.5) is 0 Å². The van der Waals surface area contributed by atoms with Gasteiger partial charge >= 0.3 is 5.91 Å². The Labute approximate surface area is 72.9 Å². The van der Waals surface area contributed by atoms with Crippen LogP contribution in [0.5, 0.6) is 5.75 Å². The number of benzene rings is 1. The fraction of sp³-hybridized carbons (Fsp3) is 0. The van der Waals surface area contributed by atoms with Crippen molar-refractivity contribution in [1.82, 2.24) is 5.43 Å². The minimum Gasteiger partial charge on any atom is -0.507 e. The Morgan fingerprint density at radius 2 is 2.08 bits per heavy atom. The lowest BCUT2D eigenvalue weighted by Crippen LogP contribution is -2.29. The van der Waals surface area contributed by atoms with Gasteiger partial charge in [0.15, 0.2) is 5.03 Å². The molecule has 6 nitrogen and oxygen atoms in total. The maximum atomic E-state index is 11.0. The Balaban J connectivity index is 2.89. The number of phenolic OH excluding ortho intramolecular Hbond substituents is 1. The number of hydrazine groups is 1. The minimum atomic E-state index is -0.977. The van der Waals surface area contributed by atoms with Crippen LogP contribution in [-0.2, 0) is 0 Å². The number of nitro groups is 1. The largest absolute Gasteiger partial charge is 0.507 e. The number of nitrogens with zero attached hydrogens (tertiary/aromatic N) is 1. The molecular formula is C7H6N2O4. The van der Waals surface area contributed by atoms with Gasteiger partial charge in [-0.15, -0.1) is 0 Å². The Morgan fingerprint density at radius 3 is 2.62 bits per heavy atom. The number of carbonyl (C=O) groups is 1. The van der Waals surface area contributed by atoms with E-state index in [1.54, 1.807) is 0 Å². The number of para-hydroxylation sites is 1. The van der Waals surface area contributed by atoms with Gasteiger partial charge in [0.1, 0.15) is 5.75 Å². The number of amides is 1. The fourth-order valence-corrected chi connectivity index (χ4v) is 0.809. The standard InChI is InChI=1S/C7H6N2O4/c10-6-4-2-1-3-5(6)7(11)8-9(12)13/h1-4,10H,(H,8,11). The van der Waals surface area contributed by atoms with Crippen molar-refractivity contribution in [2.45, 2.75) is 0 Å². The van der Waals surface area contributed by atoms with E-state index in [9.17, 15) is 14.9 Å². The van der Waals surface area contributed by atoms with Crippen molar-refractivity contribution >= 4 is 5.91 Å². The van der Waals surface area contributed by atoms with Crippen LogP contribution in [0.15, 0.2) is 24.3 Å². The van der Waals surface area contributed by atoms with Crippen LogP contribution in [0.1, 0.15) is 10.4 Å². The summed E-state index contributed by atoms with van der Waals surface area (Å²) in [6, 6.07) is 5.57. The monoisotopic (exact) mass is 182 g/mol. The van der Waals surface area contributed by atoms with Crippen LogP contribution >= 0.6 is 0 Å². The lowest BCUT2D eigenvalue weighted by atomic mass is 10.2. The molecule has 68 valence electrons. The first-order valence-corrected chi connectivity index (χ1v) is 3.34. The highest BCUT2D eigenvalue weighted by Gasteiger charge is 2.13. The van der Waals surface area contributed by atoms with E-state index in [1.165, 1.54) is 29.7 Å². The van der Waals surface area contributed by atoms with Crippen LogP contribution < -0.4 is 5.43 Å². The summed E-state index contributed by atoms with van der Waals surface area (Å²) in [6.07, 6.45) is 0. The van der Waals surface area contributed by atoms with Crippen molar-refractivity contribution in [1.29, 1.82) is 0 Å². The molecular weight excluding hydrogens is 176 g/mol. The van der Waals surface area contributed by atoms with Gasteiger partial charge in [-0.1, -0.05) is 17.6 Å². The smallest absolute Gasteiger partial charge is 0.314 e. The summed E-state index contributed by atoms with van der Waals surface area (Å²) < 4.78 is 0. The molecule has 0 aliphatic carbocycles. The van der Waals surface area contributed by atoms with Gasteiger partial charge in [0.25, 0.3) is 0 Å². The first-order chi connectivity index (χ1) is 6.11. The molecule has 0 heterocycles. The fourth-order valence-electron chi connectivity index (χ4n) is 0.809. The van der Waals surface area contributed by atoms with E-state index < -0.39 is 10.9 Å². The molecule has 0 spiro atoms. The summed E-state index contributed by atoms with van der Waals surface area (Å²) in [4.78, 5) is 20.8. The lowest BCUT2D eigenvalue weighted by Gasteiger charge is -1.99. The molecule has 0 unspecified atom stereocenters. The van der Waals surface area contributed by atoms with Crippen LogP contribution in [0.3, 0.4) is 0 Å². The normalized spacial score (nSPS) is 9.23. The number of hydrogen-bond donors (Lipinski definition) is 2. The molecule has 0 saturated carbocycles. The molecule has 1 amide bonds. The van der Waals surface area contributed by atoms with E-state index in [-0.39, 0.29) is 11.3 Å². The molecule has 1 aromatic carbocycles. The van der Waals surface area contributed by atoms with Gasteiger partial charge < -0.3 is 5.11 Å². The van der Waals surface area contributed by atoms with Crippen LogP contribution in [0.25, 0.3) is 0 Å². The summed E-state index contributed by atoms with van der Waals surface area (Å²) in [5.74, 6) is -1.23. The summed E-state index contributed by atoms with van der Waals surface area (Å²) in [5, 5.41) is 18.0. The maximum absolute atomic E-state index is 11.0. The first kappa shape index (κ1) is 8.98. The second-order valence-corrected chi connectivity index (χ2v) is 2.22. The quantitative estimate of drug-likeness (QED) is 0.508. The predicted octanol–water partition coefficient (Wildman–Crippen LogP) is 0.314. The van der Waals surface area contributed by atoms with Gasteiger partial charge in [-0.2, -0.15) is 0 Å². The van der Waals surface area contributed by atoms with Crippen molar-refractivity contribution in [3.8, 4) is 5.75 Å². The zero-order chi connectivity index (χ0) is 9.84. The summed E-state index contributed by atoms with van der Waals surface area (Å²) in [5.41, 5.74) is 1.30. The molecule has 0 bridgehead atoms. The molecule has 1 rings (SSSR count). The molecule has 0 aliphatic rings. The van der Waals surface area contributed by atoms with Crippen LogP contribution in [0, 0.1) is 10.1 Å². The third kappa shape index (κ3) is 2.16. The molecule has 13 heavy (non-hydrogen) atoms. The third-order valence-corrected chi connectivity index (χ3v) is 1.34. The molecule has 6 heteroatoms. The minimum absolute atomic E-state index is 0.126. The van der Waals surface area contributed by atoms with Gasteiger partial charge in [-0.25, -0.2) is 10.1 Å². The Hall–Kier alpha value is -2.11. The molecule has 0 atom stereocenters. The molecule has 2 N–H and O–H groups in total. The third-order valence-electron chi connectivity index (χ3n) is 1.34. The number of rotatable bonds is 2. The summed E-state index contributed by atoms with van der Waals surface area (Å²) in [7, 11) is 0. The molecule has 0 aromatic heterocycles. The number of nitrogens with one attached hydrogen (secondary N) is 1. The Morgan fingerprint density at radius 1 is 1.46 bits per heavy atom. The second kappa shape index (κ2) is 3.53. The number of hydrogen-bond acceptors (Lipinski definition) is 4. The number of phenols is 1. The number of carbonyl (C=O) groups excluding carboxylic acids is 1. The van der Waals surface area contributed by atoms with E-state index in [0.717, 1.165) is 0 Å². The van der Waals surface area contributed by atoms with Crippen molar-refractivity contribution in [3.05, 3.63) is 39.9 Å². The molecule has 0 saturated heterocycles. The Kier molecular flexibility index (Phi) is 2.44. The summed E-state index contributed by atoms with van der Waals surface area (Å²) >= 11 is 0. The Bertz CT molecular complexity index is 350. The first-order valence-electron chi connectivity index (χ1n) is 3.34. The zero-order valence-electron chi connectivity index (χ0n) is 6.43. The van der Waals surface area contributed by atoms with E-state index in [4.69, 9.17) is 5.11 Å².